The van der Waals surface area contributed by atoms with Gasteiger partial charge >= 0.3 is 18.2 Å². The zero-order valence-electron chi connectivity index (χ0n) is 27.0. The maximum absolute atomic E-state index is 15.4. The molecule has 1 saturated heterocycles. The molecule has 2 aliphatic rings. The summed E-state index contributed by atoms with van der Waals surface area (Å²) in [5, 5.41) is 2.65. The Morgan fingerprint density at radius 3 is 2.31 bits per heavy atom. The van der Waals surface area contributed by atoms with Crippen molar-refractivity contribution in [3.63, 3.8) is 0 Å². The first-order chi connectivity index (χ1) is 21.0. The Morgan fingerprint density at radius 2 is 1.71 bits per heavy atom. The van der Waals surface area contributed by atoms with Crippen molar-refractivity contribution in [2.45, 2.75) is 97.4 Å². The van der Waals surface area contributed by atoms with E-state index in [1.807, 2.05) is 0 Å². The lowest BCUT2D eigenvalue weighted by Crippen LogP contribution is -2.43. The molecule has 1 aliphatic heterocycles. The maximum Gasteiger partial charge on any atom is 0.410 e. The number of likely N-dealkylation sites (tertiary alicyclic amines) is 1. The lowest BCUT2D eigenvalue weighted by molar-refractivity contribution is 0.0209. The van der Waals surface area contributed by atoms with Gasteiger partial charge in [-0.3, -0.25) is 4.79 Å². The molecule has 45 heavy (non-hydrogen) atoms. The number of pyridine rings is 1. The molecule has 1 saturated carbocycles. The Bertz CT molecular complexity index is 1550. The number of benzene rings is 1. The van der Waals surface area contributed by atoms with E-state index in [2.05, 4.69) is 5.32 Å². The first-order valence-corrected chi connectivity index (χ1v) is 15.4. The van der Waals surface area contributed by atoms with Crippen molar-refractivity contribution >= 4 is 35.1 Å². The van der Waals surface area contributed by atoms with Crippen LogP contribution in [0.4, 0.5) is 18.4 Å². The molecule has 0 radical (unpaired) electrons. The van der Waals surface area contributed by atoms with Crippen LogP contribution in [0.2, 0.25) is 0 Å². The number of ether oxygens (including phenoxy) is 3. The summed E-state index contributed by atoms with van der Waals surface area (Å²) in [5.41, 5.74) is -2.34. The number of hydrogen-bond acceptors (Lipinski definition) is 7. The van der Waals surface area contributed by atoms with Gasteiger partial charge in [0.15, 0.2) is 11.6 Å². The van der Waals surface area contributed by atoms with Crippen molar-refractivity contribution in [3.05, 3.63) is 51.3 Å². The molecule has 0 unspecified atom stereocenters. The van der Waals surface area contributed by atoms with Crippen LogP contribution in [-0.4, -0.2) is 64.6 Å². The van der Waals surface area contributed by atoms with Crippen molar-refractivity contribution in [2.75, 3.05) is 19.7 Å². The highest BCUT2D eigenvalue weighted by Gasteiger charge is 2.39. The SMILES string of the molecule is CCOC(=O)c1cn(C2CC2)c2c(/C=C\C[C@H]3[C@H](CNC(=O)OC(C)(C)C)CCN3C(=O)OC(C)(C)C)c(F)c(F)cc2c1=O. The molecule has 1 aromatic heterocycles. The number of nitrogens with zero attached hydrogens (tertiary/aromatic N) is 2. The molecule has 1 aromatic carbocycles. The lowest BCUT2D eigenvalue weighted by atomic mass is 9.96. The number of fused-ring (bicyclic) bond motifs is 1. The summed E-state index contributed by atoms with van der Waals surface area (Å²) < 4.78 is 48.0. The number of alkyl carbamates (subject to hydrolysis) is 1. The monoisotopic (exact) mass is 631 g/mol. The van der Waals surface area contributed by atoms with E-state index in [9.17, 15) is 23.6 Å². The first-order valence-electron chi connectivity index (χ1n) is 15.4. The first kappa shape index (κ1) is 33.9. The summed E-state index contributed by atoms with van der Waals surface area (Å²) >= 11 is 0. The second-order valence-corrected chi connectivity index (χ2v) is 13.5. The number of hydrogen-bond donors (Lipinski definition) is 1. The summed E-state index contributed by atoms with van der Waals surface area (Å²) in [6.07, 6.45) is 5.61. The highest BCUT2D eigenvalue weighted by Crippen LogP contribution is 2.39. The molecule has 2 atom stereocenters. The van der Waals surface area contributed by atoms with Gasteiger partial charge in [-0.2, -0.15) is 0 Å². The van der Waals surface area contributed by atoms with Crippen LogP contribution in [-0.2, 0) is 14.2 Å². The highest BCUT2D eigenvalue weighted by atomic mass is 19.2. The Kier molecular flexibility index (Phi) is 9.94. The summed E-state index contributed by atoms with van der Waals surface area (Å²) in [6.45, 7) is 12.8. The Morgan fingerprint density at radius 1 is 1.04 bits per heavy atom. The Balaban J connectivity index is 1.69. The normalized spacial score (nSPS) is 18.8. The van der Waals surface area contributed by atoms with Crippen LogP contribution in [0.15, 0.2) is 23.1 Å². The standard InChI is InChI=1S/C33H43F2N3O7/c1-8-43-29(40)23-18-38(20-12-13-20)27-21(26(35)24(34)16-22(27)28(23)39)10-9-11-25-19(17-36-30(41)44-32(2,3)4)14-15-37(25)31(42)45-33(5,6)7/h9-10,16,18-20,25H,8,11-15,17H2,1-7H3,(H,36,41)/b10-9-/t19-,25-/m0/s1. The smallest absolute Gasteiger partial charge is 0.410 e. The van der Waals surface area contributed by atoms with E-state index in [0.717, 1.165) is 18.9 Å². The number of aromatic nitrogens is 1. The quantitative estimate of drug-likeness (QED) is 0.267. The molecule has 2 fully saturated rings. The zero-order valence-corrected chi connectivity index (χ0v) is 27.0. The van der Waals surface area contributed by atoms with Gasteiger partial charge in [0.1, 0.15) is 16.8 Å². The van der Waals surface area contributed by atoms with E-state index < -0.39 is 52.5 Å². The molecule has 0 spiro atoms. The Labute approximate surface area is 261 Å². The van der Waals surface area contributed by atoms with Gasteiger partial charge in [-0.05, 0) is 86.1 Å². The molecule has 1 aliphatic carbocycles. The van der Waals surface area contributed by atoms with Crippen molar-refractivity contribution in [1.82, 2.24) is 14.8 Å². The molecule has 1 N–H and O–H groups in total. The van der Waals surface area contributed by atoms with E-state index >= 15 is 4.39 Å². The minimum Gasteiger partial charge on any atom is -0.462 e. The fraction of sp³-hybridized carbons (Fsp3) is 0.576. The van der Waals surface area contributed by atoms with Crippen molar-refractivity contribution in [3.8, 4) is 0 Å². The van der Waals surface area contributed by atoms with Crippen LogP contribution in [0.1, 0.15) is 96.1 Å². The van der Waals surface area contributed by atoms with Gasteiger partial charge in [-0.1, -0.05) is 12.2 Å². The number of carbonyl (C=O) groups excluding carboxylic acids is 3. The molecule has 10 nitrogen and oxygen atoms in total. The van der Waals surface area contributed by atoms with Crippen molar-refractivity contribution < 1.29 is 37.4 Å². The number of carbonyl (C=O) groups is 3. The van der Waals surface area contributed by atoms with E-state index in [1.54, 1.807) is 64.0 Å². The van der Waals surface area contributed by atoms with E-state index in [1.165, 1.54) is 12.3 Å². The summed E-state index contributed by atoms with van der Waals surface area (Å²) in [4.78, 5) is 52.9. The van der Waals surface area contributed by atoms with E-state index in [4.69, 9.17) is 14.2 Å². The number of rotatable bonds is 8. The average Bonchev–Trinajstić information content (AvgIpc) is 3.68. The number of amides is 2. The Hall–Kier alpha value is -3.96. The lowest BCUT2D eigenvalue weighted by Gasteiger charge is -2.30. The number of esters is 1. The van der Waals surface area contributed by atoms with Crippen LogP contribution in [0.5, 0.6) is 0 Å². The summed E-state index contributed by atoms with van der Waals surface area (Å²) in [6, 6.07) is 0.306. The summed E-state index contributed by atoms with van der Waals surface area (Å²) in [7, 11) is 0. The third-order valence-electron chi connectivity index (χ3n) is 7.56. The van der Waals surface area contributed by atoms with Crippen LogP contribution in [0, 0.1) is 17.6 Å². The van der Waals surface area contributed by atoms with Crippen LogP contribution in [0.25, 0.3) is 17.0 Å². The molecule has 2 aromatic rings. The minimum absolute atomic E-state index is 0.0568. The largest absolute Gasteiger partial charge is 0.462 e. The van der Waals surface area contributed by atoms with E-state index in [-0.39, 0.29) is 53.6 Å². The summed E-state index contributed by atoms with van der Waals surface area (Å²) in [5.74, 6) is -3.36. The molecule has 4 rings (SSSR count). The maximum atomic E-state index is 15.4. The topological polar surface area (TPSA) is 116 Å². The second-order valence-electron chi connectivity index (χ2n) is 13.5. The van der Waals surface area contributed by atoms with Gasteiger partial charge in [-0.25, -0.2) is 23.2 Å². The highest BCUT2D eigenvalue weighted by molar-refractivity contribution is 5.96. The predicted octanol–water partition coefficient (Wildman–Crippen LogP) is 6.34. The van der Waals surface area contributed by atoms with Gasteiger partial charge in [-0.15, -0.1) is 0 Å². The molecular formula is C33H43F2N3O7. The average molecular weight is 632 g/mol. The number of halogens is 2. The zero-order chi connectivity index (χ0) is 33.3. The van der Waals surface area contributed by atoms with Crippen LogP contribution < -0.4 is 10.7 Å². The van der Waals surface area contributed by atoms with Crippen LogP contribution >= 0.6 is 0 Å². The minimum atomic E-state index is -1.22. The van der Waals surface area contributed by atoms with Crippen molar-refractivity contribution in [2.24, 2.45) is 5.92 Å². The van der Waals surface area contributed by atoms with Gasteiger partial charge < -0.3 is 29.0 Å². The van der Waals surface area contributed by atoms with Gasteiger partial charge in [0.05, 0.1) is 17.5 Å². The molecular weight excluding hydrogens is 588 g/mol. The van der Waals surface area contributed by atoms with Crippen LogP contribution in [0.3, 0.4) is 0 Å². The molecule has 246 valence electrons. The van der Waals surface area contributed by atoms with E-state index in [0.29, 0.717) is 13.0 Å². The third kappa shape index (κ3) is 8.20. The second kappa shape index (κ2) is 13.2. The van der Waals surface area contributed by atoms with Gasteiger partial charge in [0.2, 0.25) is 5.43 Å². The molecule has 0 bridgehead atoms. The fourth-order valence-corrected chi connectivity index (χ4v) is 5.52. The molecule has 2 amide bonds. The number of nitrogens with one attached hydrogen (secondary N) is 1. The fourth-order valence-electron chi connectivity index (χ4n) is 5.52. The van der Waals surface area contributed by atoms with Gasteiger partial charge in [0, 0.05) is 36.9 Å². The molecule has 12 heteroatoms. The third-order valence-corrected chi connectivity index (χ3v) is 7.56. The van der Waals surface area contributed by atoms with Gasteiger partial charge in [0.25, 0.3) is 0 Å². The predicted molar refractivity (Wildman–Crippen MR) is 165 cm³/mol. The molecule has 2 heterocycles. The van der Waals surface area contributed by atoms with Crippen molar-refractivity contribution in [1.29, 1.82) is 0 Å².